The lowest BCUT2D eigenvalue weighted by atomic mass is 10.0. The van der Waals surface area contributed by atoms with Crippen molar-refractivity contribution in [3.05, 3.63) is 35.4 Å². The Labute approximate surface area is 127 Å². The molecule has 1 amide bonds. The van der Waals surface area contributed by atoms with Gasteiger partial charge in [-0.2, -0.15) is 0 Å². The highest BCUT2D eigenvalue weighted by Crippen LogP contribution is 2.20. The van der Waals surface area contributed by atoms with Gasteiger partial charge >= 0.3 is 0 Å². The van der Waals surface area contributed by atoms with Crippen LogP contribution in [0.15, 0.2) is 24.3 Å². The zero-order valence-corrected chi connectivity index (χ0v) is 13.3. The van der Waals surface area contributed by atoms with E-state index in [4.69, 9.17) is 4.74 Å². The standard InChI is InChI=1S/C17H26N2O2/c1-4-15-12-21-13(2)11-19(15)17(20)16-8-6-5-7-14(16)9-10-18-3/h5-8,13,15,18H,4,9-12H2,1-3H3. The molecule has 1 saturated heterocycles. The van der Waals surface area contributed by atoms with Gasteiger partial charge in [0.1, 0.15) is 0 Å². The number of rotatable bonds is 5. The van der Waals surface area contributed by atoms with Crippen molar-refractivity contribution in [2.24, 2.45) is 0 Å². The summed E-state index contributed by atoms with van der Waals surface area (Å²) in [6.45, 7) is 6.33. The Morgan fingerprint density at radius 3 is 2.90 bits per heavy atom. The van der Waals surface area contributed by atoms with Crippen LogP contribution < -0.4 is 5.32 Å². The molecule has 0 spiro atoms. The molecule has 1 aliphatic heterocycles. The quantitative estimate of drug-likeness (QED) is 0.903. The molecule has 0 radical (unpaired) electrons. The van der Waals surface area contributed by atoms with E-state index < -0.39 is 0 Å². The highest BCUT2D eigenvalue weighted by Gasteiger charge is 2.30. The molecule has 1 aliphatic rings. The summed E-state index contributed by atoms with van der Waals surface area (Å²) in [6.07, 6.45) is 1.91. The summed E-state index contributed by atoms with van der Waals surface area (Å²) in [4.78, 5) is 14.9. The van der Waals surface area contributed by atoms with Gasteiger partial charge < -0.3 is 15.0 Å². The van der Waals surface area contributed by atoms with Gasteiger partial charge in [0.2, 0.25) is 0 Å². The first-order chi connectivity index (χ1) is 10.2. The molecule has 116 valence electrons. The van der Waals surface area contributed by atoms with Crippen molar-refractivity contribution < 1.29 is 9.53 Å². The van der Waals surface area contributed by atoms with Crippen LogP contribution in [0.2, 0.25) is 0 Å². The number of ether oxygens (including phenoxy) is 1. The predicted molar refractivity (Wildman–Crippen MR) is 84.6 cm³/mol. The van der Waals surface area contributed by atoms with Crippen LogP contribution in [-0.4, -0.2) is 49.7 Å². The maximum atomic E-state index is 12.9. The van der Waals surface area contributed by atoms with E-state index in [0.717, 1.165) is 30.5 Å². The maximum absolute atomic E-state index is 12.9. The summed E-state index contributed by atoms with van der Waals surface area (Å²) in [5.74, 6) is 0.142. The molecule has 4 nitrogen and oxygen atoms in total. The Morgan fingerprint density at radius 1 is 1.43 bits per heavy atom. The highest BCUT2D eigenvalue weighted by molar-refractivity contribution is 5.96. The van der Waals surface area contributed by atoms with Gasteiger partial charge in [-0.3, -0.25) is 4.79 Å². The van der Waals surface area contributed by atoms with Crippen molar-refractivity contribution in [2.45, 2.75) is 38.8 Å². The van der Waals surface area contributed by atoms with E-state index in [1.54, 1.807) is 0 Å². The van der Waals surface area contributed by atoms with Crippen LogP contribution in [0.3, 0.4) is 0 Å². The molecule has 1 aromatic carbocycles. The predicted octanol–water partition coefficient (Wildman–Crippen LogP) is 2.09. The molecule has 1 heterocycles. The van der Waals surface area contributed by atoms with Gasteiger partial charge in [0.05, 0.1) is 18.8 Å². The molecular formula is C17H26N2O2. The third kappa shape index (κ3) is 3.83. The normalized spacial score (nSPS) is 22.3. The van der Waals surface area contributed by atoms with Crippen molar-refractivity contribution in [3.8, 4) is 0 Å². The Bertz CT molecular complexity index is 476. The second-order valence-electron chi connectivity index (χ2n) is 5.67. The van der Waals surface area contributed by atoms with Crippen LogP contribution in [0.25, 0.3) is 0 Å². The van der Waals surface area contributed by atoms with Crippen LogP contribution in [0.5, 0.6) is 0 Å². The summed E-state index contributed by atoms with van der Waals surface area (Å²) in [5, 5.41) is 3.14. The Balaban J connectivity index is 2.21. The first-order valence-corrected chi connectivity index (χ1v) is 7.82. The van der Waals surface area contributed by atoms with Crippen LogP contribution in [0.1, 0.15) is 36.2 Å². The van der Waals surface area contributed by atoms with Crippen LogP contribution in [-0.2, 0) is 11.2 Å². The average molecular weight is 290 g/mol. The molecule has 0 bridgehead atoms. The van der Waals surface area contributed by atoms with E-state index in [1.807, 2.05) is 37.1 Å². The van der Waals surface area contributed by atoms with Gasteiger partial charge in [-0.1, -0.05) is 25.1 Å². The topological polar surface area (TPSA) is 41.6 Å². The fraction of sp³-hybridized carbons (Fsp3) is 0.588. The van der Waals surface area contributed by atoms with E-state index in [2.05, 4.69) is 18.3 Å². The molecule has 2 rings (SSSR count). The smallest absolute Gasteiger partial charge is 0.254 e. The van der Waals surface area contributed by atoms with E-state index >= 15 is 0 Å². The third-order valence-electron chi connectivity index (χ3n) is 4.09. The molecule has 4 heteroatoms. The number of hydrogen-bond acceptors (Lipinski definition) is 3. The molecule has 0 saturated carbocycles. The van der Waals surface area contributed by atoms with Gasteiger partial charge in [-0.25, -0.2) is 0 Å². The lowest BCUT2D eigenvalue weighted by molar-refractivity contribution is -0.0444. The van der Waals surface area contributed by atoms with Crippen LogP contribution >= 0.6 is 0 Å². The zero-order chi connectivity index (χ0) is 15.2. The monoisotopic (exact) mass is 290 g/mol. The minimum absolute atomic E-state index is 0.112. The SMILES string of the molecule is CCC1COC(C)CN1C(=O)c1ccccc1CCNC. The number of amides is 1. The Kier molecular flexibility index (Phi) is 5.76. The molecule has 0 aromatic heterocycles. The third-order valence-corrected chi connectivity index (χ3v) is 4.09. The van der Waals surface area contributed by atoms with Gasteiger partial charge in [-0.05, 0) is 45.0 Å². The molecule has 1 fully saturated rings. The fourth-order valence-electron chi connectivity index (χ4n) is 2.79. The molecule has 2 atom stereocenters. The number of morpholine rings is 1. The summed E-state index contributed by atoms with van der Waals surface area (Å²) in [6, 6.07) is 8.13. The van der Waals surface area contributed by atoms with Crippen molar-refractivity contribution >= 4 is 5.91 Å². The summed E-state index contributed by atoms with van der Waals surface area (Å²) in [7, 11) is 1.93. The first kappa shape index (κ1) is 16.0. The molecule has 0 aliphatic carbocycles. The van der Waals surface area contributed by atoms with Crippen molar-refractivity contribution in [3.63, 3.8) is 0 Å². The van der Waals surface area contributed by atoms with Crippen molar-refractivity contribution in [1.29, 1.82) is 0 Å². The minimum atomic E-state index is 0.112. The number of nitrogens with one attached hydrogen (secondary N) is 1. The Hall–Kier alpha value is -1.39. The van der Waals surface area contributed by atoms with E-state index in [1.165, 1.54) is 0 Å². The van der Waals surface area contributed by atoms with Crippen molar-refractivity contribution in [1.82, 2.24) is 10.2 Å². The number of carbonyl (C=O) groups excluding carboxylic acids is 1. The number of carbonyl (C=O) groups is 1. The molecule has 21 heavy (non-hydrogen) atoms. The lowest BCUT2D eigenvalue weighted by Crippen LogP contribution is -2.51. The maximum Gasteiger partial charge on any atom is 0.254 e. The number of nitrogens with zero attached hydrogens (tertiary/aromatic N) is 1. The molecule has 2 unspecified atom stereocenters. The molecule has 1 N–H and O–H groups in total. The Morgan fingerprint density at radius 2 is 2.19 bits per heavy atom. The largest absolute Gasteiger partial charge is 0.375 e. The van der Waals surface area contributed by atoms with E-state index in [0.29, 0.717) is 13.2 Å². The van der Waals surface area contributed by atoms with Gasteiger partial charge in [0.15, 0.2) is 0 Å². The second-order valence-corrected chi connectivity index (χ2v) is 5.67. The fourth-order valence-corrected chi connectivity index (χ4v) is 2.79. The lowest BCUT2D eigenvalue weighted by Gasteiger charge is -2.38. The average Bonchev–Trinajstić information content (AvgIpc) is 2.52. The summed E-state index contributed by atoms with van der Waals surface area (Å²) >= 11 is 0. The zero-order valence-electron chi connectivity index (χ0n) is 13.3. The van der Waals surface area contributed by atoms with Crippen LogP contribution in [0, 0.1) is 0 Å². The van der Waals surface area contributed by atoms with Crippen LogP contribution in [0.4, 0.5) is 0 Å². The summed E-state index contributed by atoms with van der Waals surface area (Å²) < 4.78 is 5.69. The van der Waals surface area contributed by atoms with E-state index in [9.17, 15) is 4.79 Å². The number of benzene rings is 1. The summed E-state index contributed by atoms with van der Waals surface area (Å²) in [5.41, 5.74) is 1.95. The van der Waals surface area contributed by atoms with Crippen molar-refractivity contribution in [2.75, 3.05) is 26.7 Å². The molecular weight excluding hydrogens is 264 g/mol. The van der Waals surface area contributed by atoms with E-state index in [-0.39, 0.29) is 18.1 Å². The van der Waals surface area contributed by atoms with Gasteiger partial charge in [0.25, 0.3) is 5.91 Å². The number of likely N-dealkylation sites (N-methyl/N-ethyl adjacent to an activating group) is 1. The van der Waals surface area contributed by atoms with Gasteiger partial charge in [-0.15, -0.1) is 0 Å². The molecule has 1 aromatic rings. The first-order valence-electron chi connectivity index (χ1n) is 7.82. The highest BCUT2D eigenvalue weighted by atomic mass is 16.5. The second kappa shape index (κ2) is 7.57. The number of hydrogen-bond donors (Lipinski definition) is 1. The minimum Gasteiger partial charge on any atom is -0.375 e. The van der Waals surface area contributed by atoms with Gasteiger partial charge in [0, 0.05) is 12.1 Å².